The first-order valence-electron chi connectivity index (χ1n) is 6.33. The van der Waals surface area contributed by atoms with Gasteiger partial charge in [0.05, 0.1) is 18.1 Å². The van der Waals surface area contributed by atoms with Crippen LogP contribution in [0.25, 0.3) is 0 Å². The molecule has 2 rings (SSSR count). The number of rotatable bonds is 6. The molecule has 1 aliphatic rings. The number of nitrogens with one attached hydrogen (secondary N) is 1. The number of carbonyl (C=O) groups is 1. The Kier molecular flexibility index (Phi) is 4.87. The van der Waals surface area contributed by atoms with E-state index in [2.05, 4.69) is 4.72 Å². The van der Waals surface area contributed by atoms with Gasteiger partial charge >= 0.3 is 0 Å². The molecule has 0 aromatic heterocycles. The first kappa shape index (κ1) is 15.1. The summed E-state index contributed by atoms with van der Waals surface area (Å²) in [7, 11) is -3.57. The van der Waals surface area contributed by atoms with Crippen molar-refractivity contribution in [2.24, 2.45) is 0 Å². The minimum Gasteiger partial charge on any atom is -0.350 e. The zero-order valence-corrected chi connectivity index (χ0v) is 12.0. The minimum absolute atomic E-state index is 0.0996. The van der Waals surface area contributed by atoms with Gasteiger partial charge < -0.3 is 9.47 Å². The Morgan fingerprint density at radius 3 is 2.40 bits per heavy atom. The van der Waals surface area contributed by atoms with E-state index in [-0.39, 0.29) is 23.5 Å². The summed E-state index contributed by atoms with van der Waals surface area (Å²) < 4.78 is 36.9. The molecular formula is C13H17NO5S. The van der Waals surface area contributed by atoms with Crippen molar-refractivity contribution in [1.29, 1.82) is 0 Å². The topological polar surface area (TPSA) is 81.7 Å². The molecule has 0 atom stereocenters. The molecule has 0 bridgehead atoms. The Hall–Kier alpha value is -1.28. The van der Waals surface area contributed by atoms with Crippen molar-refractivity contribution >= 4 is 15.8 Å². The van der Waals surface area contributed by atoms with Crippen molar-refractivity contribution in [3.63, 3.8) is 0 Å². The lowest BCUT2D eigenvalue weighted by molar-refractivity contribution is -0.0451. The number of Topliss-reactive ketones (excluding diaryl/α,β-unsaturated/α-hetero) is 1. The molecule has 0 radical (unpaired) electrons. The zero-order valence-electron chi connectivity index (χ0n) is 11.2. The fourth-order valence-corrected chi connectivity index (χ4v) is 2.88. The molecule has 1 heterocycles. The molecule has 0 aliphatic carbocycles. The van der Waals surface area contributed by atoms with Gasteiger partial charge in [0.1, 0.15) is 0 Å². The van der Waals surface area contributed by atoms with E-state index in [0.717, 1.165) is 0 Å². The second kappa shape index (κ2) is 6.45. The lowest BCUT2D eigenvalue weighted by Crippen LogP contribution is -2.27. The van der Waals surface area contributed by atoms with Crippen LogP contribution in [-0.4, -0.2) is 40.2 Å². The van der Waals surface area contributed by atoms with Crippen LogP contribution in [0.5, 0.6) is 0 Å². The Balaban J connectivity index is 1.93. The molecule has 0 spiro atoms. The van der Waals surface area contributed by atoms with Crippen molar-refractivity contribution in [1.82, 2.24) is 4.72 Å². The van der Waals surface area contributed by atoms with E-state index in [1.807, 2.05) is 0 Å². The van der Waals surface area contributed by atoms with Crippen LogP contribution in [-0.2, 0) is 19.5 Å². The highest BCUT2D eigenvalue weighted by Crippen LogP contribution is 2.12. The van der Waals surface area contributed by atoms with Crippen molar-refractivity contribution < 1.29 is 22.7 Å². The molecule has 1 aliphatic heterocycles. The Morgan fingerprint density at radius 2 is 1.85 bits per heavy atom. The summed E-state index contributed by atoms with van der Waals surface area (Å²) in [6.45, 7) is 2.76. The van der Waals surface area contributed by atoms with E-state index in [1.54, 1.807) is 0 Å². The minimum atomic E-state index is -3.57. The first-order valence-corrected chi connectivity index (χ1v) is 7.81. The van der Waals surface area contributed by atoms with Crippen molar-refractivity contribution in [2.45, 2.75) is 24.5 Å². The second-order valence-electron chi connectivity index (χ2n) is 4.44. The van der Waals surface area contributed by atoms with E-state index < -0.39 is 10.0 Å². The first-order chi connectivity index (χ1) is 9.49. The van der Waals surface area contributed by atoms with Crippen LogP contribution in [0, 0.1) is 0 Å². The van der Waals surface area contributed by atoms with Crippen LogP contribution in [0.2, 0.25) is 0 Å². The molecule has 0 saturated carbocycles. The summed E-state index contributed by atoms with van der Waals surface area (Å²) in [5.74, 6) is -0.0996. The van der Waals surface area contributed by atoms with Gasteiger partial charge in [0.15, 0.2) is 12.1 Å². The summed E-state index contributed by atoms with van der Waals surface area (Å²) in [4.78, 5) is 11.3. The Labute approximate surface area is 118 Å². The standard InChI is InChI=1S/C13H17NO5S/c1-10(15)11-2-4-12(5-3-11)20(16,17)14-7-6-13-18-8-9-19-13/h2-5,13-14H,6-9H2,1H3. The second-order valence-corrected chi connectivity index (χ2v) is 6.21. The van der Waals surface area contributed by atoms with Crippen LogP contribution in [0.1, 0.15) is 23.7 Å². The predicted molar refractivity (Wildman–Crippen MR) is 71.9 cm³/mol. The summed E-state index contributed by atoms with van der Waals surface area (Å²) >= 11 is 0. The maximum absolute atomic E-state index is 12.0. The summed E-state index contributed by atoms with van der Waals surface area (Å²) in [5, 5.41) is 0. The van der Waals surface area contributed by atoms with Crippen LogP contribution in [0.3, 0.4) is 0 Å². The van der Waals surface area contributed by atoms with Crippen molar-refractivity contribution in [3.8, 4) is 0 Å². The van der Waals surface area contributed by atoms with E-state index in [9.17, 15) is 13.2 Å². The summed E-state index contributed by atoms with van der Waals surface area (Å²) in [6.07, 6.45) is 0.128. The zero-order chi connectivity index (χ0) is 14.6. The Morgan fingerprint density at radius 1 is 1.25 bits per heavy atom. The van der Waals surface area contributed by atoms with Crippen LogP contribution < -0.4 is 4.72 Å². The number of hydrogen-bond acceptors (Lipinski definition) is 5. The van der Waals surface area contributed by atoms with Crippen LogP contribution >= 0.6 is 0 Å². The van der Waals surface area contributed by atoms with E-state index in [0.29, 0.717) is 25.2 Å². The number of benzene rings is 1. The lowest BCUT2D eigenvalue weighted by Gasteiger charge is -2.10. The van der Waals surface area contributed by atoms with Gasteiger partial charge in [-0.15, -0.1) is 0 Å². The van der Waals surface area contributed by atoms with Crippen molar-refractivity contribution in [3.05, 3.63) is 29.8 Å². The monoisotopic (exact) mass is 299 g/mol. The van der Waals surface area contributed by atoms with E-state index in [4.69, 9.17) is 9.47 Å². The quantitative estimate of drug-likeness (QED) is 0.790. The van der Waals surface area contributed by atoms with E-state index >= 15 is 0 Å². The fourth-order valence-electron chi connectivity index (χ4n) is 1.84. The smallest absolute Gasteiger partial charge is 0.240 e. The highest BCUT2D eigenvalue weighted by Gasteiger charge is 2.18. The maximum atomic E-state index is 12.0. The Bertz CT molecular complexity index is 561. The number of carbonyl (C=O) groups excluding carboxylic acids is 1. The largest absolute Gasteiger partial charge is 0.350 e. The molecule has 1 aromatic rings. The van der Waals surface area contributed by atoms with Gasteiger partial charge in [-0.1, -0.05) is 12.1 Å². The van der Waals surface area contributed by atoms with Gasteiger partial charge in [0, 0.05) is 18.5 Å². The normalized spacial score (nSPS) is 16.4. The third kappa shape index (κ3) is 3.86. The average Bonchev–Trinajstić information content (AvgIpc) is 2.92. The average molecular weight is 299 g/mol. The highest BCUT2D eigenvalue weighted by molar-refractivity contribution is 7.89. The van der Waals surface area contributed by atoms with Crippen molar-refractivity contribution in [2.75, 3.05) is 19.8 Å². The van der Waals surface area contributed by atoms with Gasteiger partial charge in [0.25, 0.3) is 0 Å². The molecule has 7 heteroatoms. The van der Waals surface area contributed by atoms with Gasteiger partial charge in [-0.05, 0) is 19.1 Å². The number of ketones is 1. The molecule has 20 heavy (non-hydrogen) atoms. The third-order valence-electron chi connectivity index (χ3n) is 2.93. The molecule has 1 fully saturated rings. The molecule has 6 nitrogen and oxygen atoms in total. The van der Waals surface area contributed by atoms with Gasteiger partial charge in [0.2, 0.25) is 10.0 Å². The molecule has 1 aromatic carbocycles. The van der Waals surface area contributed by atoms with E-state index in [1.165, 1.54) is 31.2 Å². The molecule has 1 saturated heterocycles. The molecule has 110 valence electrons. The van der Waals surface area contributed by atoms with Gasteiger partial charge in [-0.25, -0.2) is 13.1 Å². The summed E-state index contributed by atoms with van der Waals surface area (Å²) in [5.41, 5.74) is 0.483. The number of ether oxygens (including phenoxy) is 2. The fraction of sp³-hybridized carbons (Fsp3) is 0.462. The highest BCUT2D eigenvalue weighted by atomic mass is 32.2. The number of sulfonamides is 1. The predicted octanol–water partition coefficient (Wildman–Crippen LogP) is 0.930. The third-order valence-corrected chi connectivity index (χ3v) is 4.41. The van der Waals surface area contributed by atoms with Crippen LogP contribution in [0.15, 0.2) is 29.2 Å². The molecule has 0 amide bonds. The number of hydrogen-bond donors (Lipinski definition) is 1. The lowest BCUT2D eigenvalue weighted by atomic mass is 10.2. The molecular weight excluding hydrogens is 282 g/mol. The maximum Gasteiger partial charge on any atom is 0.240 e. The van der Waals surface area contributed by atoms with Gasteiger partial charge in [-0.2, -0.15) is 0 Å². The van der Waals surface area contributed by atoms with Crippen LogP contribution in [0.4, 0.5) is 0 Å². The molecule has 1 N–H and O–H groups in total. The summed E-state index contributed by atoms with van der Waals surface area (Å²) in [6, 6.07) is 5.84. The molecule has 0 unspecified atom stereocenters. The van der Waals surface area contributed by atoms with Gasteiger partial charge in [-0.3, -0.25) is 4.79 Å². The SMILES string of the molecule is CC(=O)c1ccc(S(=O)(=O)NCCC2OCCO2)cc1.